The first-order chi connectivity index (χ1) is 13.0. The Morgan fingerprint density at radius 3 is 2.85 bits per heavy atom. The van der Waals surface area contributed by atoms with Gasteiger partial charge in [0.1, 0.15) is 10.5 Å². The standard InChI is InChI=1S/C16H16N6O4S/c1-8(23)19-16-21-14-13(17-7-18-14)15(22-16)27-6-12(25)20-9-3-4-10(24)11(5-9)26-2/h3-5,7,24H,6H2,1-2H3,(H,20,25)(H2,17,18,19,21,22,23). The third-order valence-electron chi connectivity index (χ3n) is 3.34. The summed E-state index contributed by atoms with van der Waals surface area (Å²) in [4.78, 5) is 38.8. The molecule has 0 aliphatic rings. The van der Waals surface area contributed by atoms with E-state index in [0.717, 1.165) is 0 Å². The van der Waals surface area contributed by atoms with Gasteiger partial charge < -0.3 is 20.1 Å². The largest absolute Gasteiger partial charge is 0.504 e. The van der Waals surface area contributed by atoms with E-state index in [1.807, 2.05) is 0 Å². The maximum Gasteiger partial charge on any atom is 0.234 e. The maximum absolute atomic E-state index is 12.2. The van der Waals surface area contributed by atoms with Crippen LogP contribution >= 0.6 is 11.8 Å². The van der Waals surface area contributed by atoms with Crippen molar-refractivity contribution in [1.82, 2.24) is 19.9 Å². The third kappa shape index (κ3) is 4.44. The normalized spacial score (nSPS) is 10.6. The summed E-state index contributed by atoms with van der Waals surface area (Å²) in [6, 6.07) is 4.51. The lowest BCUT2D eigenvalue weighted by molar-refractivity contribution is -0.114. The summed E-state index contributed by atoms with van der Waals surface area (Å²) < 4.78 is 5.01. The van der Waals surface area contributed by atoms with E-state index in [2.05, 4.69) is 30.6 Å². The van der Waals surface area contributed by atoms with Gasteiger partial charge in [-0.05, 0) is 12.1 Å². The van der Waals surface area contributed by atoms with E-state index in [-0.39, 0.29) is 35.0 Å². The van der Waals surface area contributed by atoms with Crippen molar-refractivity contribution in [3.8, 4) is 11.5 Å². The van der Waals surface area contributed by atoms with Gasteiger partial charge in [-0.1, -0.05) is 11.8 Å². The molecule has 2 aromatic heterocycles. The van der Waals surface area contributed by atoms with Crippen LogP contribution in [0.3, 0.4) is 0 Å². The molecule has 0 aliphatic heterocycles. The minimum Gasteiger partial charge on any atom is -0.504 e. The molecule has 0 saturated carbocycles. The number of nitrogens with zero attached hydrogens (tertiary/aromatic N) is 3. The summed E-state index contributed by atoms with van der Waals surface area (Å²) >= 11 is 1.17. The fraction of sp³-hybridized carbons (Fsp3) is 0.188. The van der Waals surface area contributed by atoms with Crippen LogP contribution in [0.25, 0.3) is 11.2 Å². The molecular weight excluding hydrogens is 372 g/mol. The van der Waals surface area contributed by atoms with Gasteiger partial charge >= 0.3 is 0 Å². The van der Waals surface area contributed by atoms with Gasteiger partial charge in [-0.2, -0.15) is 4.98 Å². The molecule has 27 heavy (non-hydrogen) atoms. The molecule has 10 nitrogen and oxygen atoms in total. The molecule has 0 unspecified atom stereocenters. The Kier molecular flexibility index (Phi) is 5.41. The summed E-state index contributed by atoms with van der Waals surface area (Å²) in [6.45, 7) is 1.35. The van der Waals surface area contributed by atoms with Crippen LogP contribution in [-0.2, 0) is 9.59 Å². The summed E-state index contributed by atoms with van der Waals surface area (Å²) in [5.41, 5.74) is 1.46. The van der Waals surface area contributed by atoms with Crippen molar-refractivity contribution in [2.24, 2.45) is 0 Å². The molecule has 0 aliphatic carbocycles. The van der Waals surface area contributed by atoms with Gasteiger partial charge in [0, 0.05) is 18.7 Å². The molecule has 3 aromatic rings. The highest BCUT2D eigenvalue weighted by atomic mass is 32.2. The van der Waals surface area contributed by atoms with Gasteiger partial charge in [-0.25, -0.2) is 9.97 Å². The van der Waals surface area contributed by atoms with Crippen LogP contribution in [0.4, 0.5) is 11.6 Å². The van der Waals surface area contributed by atoms with Gasteiger partial charge in [-0.15, -0.1) is 0 Å². The van der Waals surface area contributed by atoms with Crippen molar-refractivity contribution in [1.29, 1.82) is 0 Å². The molecule has 2 heterocycles. The summed E-state index contributed by atoms with van der Waals surface area (Å²) in [5.74, 6) is -0.157. The molecule has 3 rings (SSSR count). The fourth-order valence-corrected chi connectivity index (χ4v) is 3.00. The lowest BCUT2D eigenvalue weighted by Gasteiger charge is -2.09. The van der Waals surface area contributed by atoms with E-state index in [1.54, 1.807) is 6.07 Å². The minimum absolute atomic E-state index is 0.0157. The molecule has 1 aromatic carbocycles. The second-order valence-corrected chi connectivity index (χ2v) is 6.32. The average molecular weight is 388 g/mol. The zero-order valence-electron chi connectivity index (χ0n) is 14.4. The number of phenols is 1. The molecule has 2 amide bonds. The van der Waals surface area contributed by atoms with E-state index in [1.165, 1.54) is 44.3 Å². The van der Waals surface area contributed by atoms with Gasteiger partial charge in [0.05, 0.1) is 19.2 Å². The van der Waals surface area contributed by atoms with Crippen LogP contribution in [0, 0.1) is 0 Å². The number of nitrogens with one attached hydrogen (secondary N) is 3. The van der Waals surface area contributed by atoms with Crippen LogP contribution in [0.1, 0.15) is 6.92 Å². The molecular formula is C16H16N6O4S. The molecule has 140 valence electrons. The Morgan fingerprint density at radius 1 is 1.30 bits per heavy atom. The van der Waals surface area contributed by atoms with Crippen LogP contribution in [0.15, 0.2) is 29.6 Å². The van der Waals surface area contributed by atoms with Crippen molar-refractivity contribution in [2.45, 2.75) is 11.9 Å². The molecule has 11 heteroatoms. The summed E-state index contributed by atoms with van der Waals surface area (Å²) in [6.07, 6.45) is 1.46. The van der Waals surface area contributed by atoms with Gasteiger partial charge in [0.25, 0.3) is 0 Å². The number of fused-ring (bicyclic) bond motifs is 1. The number of aromatic amines is 1. The van der Waals surface area contributed by atoms with E-state index >= 15 is 0 Å². The number of H-pyrrole nitrogens is 1. The zero-order valence-corrected chi connectivity index (χ0v) is 15.3. The number of hydrogen-bond donors (Lipinski definition) is 4. The number of rotatable bonds is 6. The highest BCUT2D eigenvalue weighted by molar-refractivity contribution is 8.00. The Balaban J connectivity index is 1.71. The molecule has 0 saturated heterocycles. The monoisotopic (exact) mass is 388 g/mol. The summed E-state index contributed by atoms with van der Waals surface area (Å²) in [7, 11) is 1.42. The number of methoxy groups -OCH3 is 1. The lowest BCUT2D eigenvalue weighted by atomic mass is 10.3. The number of amides is 2. The predicted molar refractivity (Wildman–Crippen MR) is 100.0 cm³/mol. The van der Waals surface area contributed by atoms with Gasteiger partial charge in [0.15, 0.2) is 17.1 Å². The number of phenolic OH excluding ortho intramolecular Hbond substituents is 1. The summed E-state index contributed by atoms with van der Waals surface area (Å²) in [5, 5.41) is 15.3. The number of ether oxygens (including phenoxy) is 1. The first-order valence-electron chi connectivity index (χ1n) is 7.74. The van der Waals surface area contributed by atoms with Crippen LogP contribution in [-0.4, -0.2) is 49.7 Å². The number of hydrogen-bond acceptors (Lipinski definition) is 8. The number of aromatic hydroxyl groups is 1. The second kappa shape index (κ2) is 7.91. The topological polar surface area (TPSA) is 142 Å². The number of carbonyl (C=O) groups excluding carboxylic acids is 2. The highest BCUT2D eigenvalue weighted by Gasteiger charge is 2.14. The third-order valence-corrected chi connectivity index (χ3v) is 4.32. The number of benzene rings is 1. The molecule has 0 bridgehead atoms. The smallest absolute Gasteiger partial charge is 0.234 e. The molecule has 0 fully saturated rings. The SMILES string of the molecule is COc1cc(NC(=O)CSc2nc(NC(C)=O)nc3nc[nH]c23)ccc1O. The zero-order chi connectivity index (χ0) is 19.4. The molecule has 4 N–H and O–H groups in total. The Labute approximate surface area is 157 Å². The Hall–Kier alpha value is -3.34. The van der Waals surface area contributed by atoms with E-state index in [4.69, 9.17) is 4.74 Å². The van der Waals surface area contributed by atoms with Crippen molar-refractivity contribution in [3.05, 3.63) is 24.5 Å². The van der Waals surface area contributed by atoms with Crippen LogP contribution < -0.4 is 15.4 Å². The van der Waals surface area contributed by atoms with Crippen LogP contribution in [0.2, 0.25) is 0 Å². The molecule has 0 atom stereocenters. The van der Waals surface area contributed by atoms with E-state index < -0.39 is 0 Å². The first-order valence-corrected chi connectivity index (χ1v) is 8.73. The molecule has 0 radical (unpaired) electrons. The number of aromatic nitrogens is 4. The second-order valence-electron chi connectivity index (χ2n) is 5.36. The van der Waals surface area contributed by atoms with Crippen LogP contribution in [0.5, 0.6) is 11.5 Å². The maximum atomic E-state index is 12.2. The van der Waals surface area contributed by atoms with Gasteiger partial charge in [-0.3, -0.25) is 14.9 Å². The average Bonchev–Trinajstić information content (AvgIpc) is 3.09. The van der Waals surface area contributed by atoms with Crippen molar-refractivity contribution in [2.75, 3.05) is 23.5 Å². The number of anilines is 2. The number of carbonyl (C=O) groups is 2. The first kappa shape index (κ1) is 18.5. The number of imidazole rings is 1. The highest BCUT2D eigenvalue weighted by Crippen LogP contribution is 2.29. The fourth-order valence-electron chi connectivity index (χ4n) is 2.21. The lowest BCUT2D eigenvalue weighted by Crippen LogP contribution is -2.14. The molecule has 0 spiro atoms. The van der Waals surface area contributed by atoms with E-state index in [9.17, 15) is 14.7 Å². The van der Waals surface area contributed by atoms with Crippen molar-refractivity contribution in [3.63, 3.8) is 0 Å². The van der Waals surface area contributed by atoms with Crippen molar-refractivity contribution >= 4 is 46.4 Å². The van der Waals surface area contributed by atoms with Gasteiger partial charge in [0.2, 0.25) is 17.8 Å². The van der Waals surface area contributed by atoms with Crippen molar-refractivity contribution < 1.29 is 19.4 Å². The minimum atomic E-state index is -0.306. The Bertz CT molecular complexity index is 1010. The predicted octanol–water partition coefficient (Wildman–Crippen LogP) is 1.76. The quantitative estimate of drug-likeness (QED) is 0.284. The van der Waals surface area contributed by atoms with E-state index in [0.29, 0.717) is 21.9 Å². The Morgan fingerprint density at radius 2 is 2.11 bits per heavy atom. The number of thioether (sulfide) groups is 1.